The third-order valence-electron chi connectivity index (χ3n) is 2.35. The molecule has 0 aliphatic carbocycles. The van der Waals surface area contributed by atoms with Crippen molar-refractivity contribution in [3.8, 4) is 5.75 Å². The molecule has 2 N–H and O–H groups in total. The van der Waals surface area contributed by atoms with E-state index in [0.29, 0.717) is 24.2 Å². The highest BCUT2D eigenvalue weighted by atomic mass is 79.9. The molecule has 0 amide bonds. The fourth-order valence-corrected chi connectivity index (χ4v) is 2.08. The zero-order valence-corrected chi connectivity index (χ0v) is 13.3. The van der Waals surface area contributed by atoms with Crippen LogP contribution in [0, 0.1) is 0 Å². The first-order valence-corrected chi connectivity index (χ1v) is 7.05. The van der Waals surface area contributed by atoms with Crippen LogP contribution in [-0.2, 0) is 0 Å². The van der Waals surface area contributed by atoms with Crippen LogP contribution in [0.15, 0.2) is 22.7 Å². The first-order chi connectivity index (χ1) is 9.62. The number of rotatable bonds is 5. The molecule has 0 fully saturated rings. The van der Waals surface area contributed by atoms with E-state index in [-0.39, 0.29) is 5.28 Å². The summed E-state index contributed by atoms with van der Waals surface area (Å²) in [6.07, 6.45) is 0. The first kappa shape index (κ1) is 14.8. The van der Waals surface area contributed by atoms with Crippen LogP contribution >= 0.6 is 27.5 Å². The number of nitrogens with zero attached hydrogens (tertiary/aromatic N) is 3. The number of ether oxygens (including phenoxy) is 1. The van der Waals surface area contributed by atoms with E-state index in [0.717, 1.165) is 10.2 Å². The molecule has 6 nitrogen and oxygen atoms in total. The maximum atomic E-state index is 5.86. The highest BCUT2D eigenvalue weighted by Gasteiger charge is 2.06. The molecule has 0 aliphatic rings. The lowest BCUT2D eigenvalue weighted by atomic mass is 10.3. The molecule has 20 heavy (non-hydrogen) atoms. The van der Waals surface area contributed by atoms with Gasteiger partial charge in [0.05, 0.1) is 11.6 Å². The number of benzene rings is 1. The van der Waals surface area contributed by atoms with Crippen molar-refractivity contribution in [1.82, 2.24) is 15.0 Å². The molecule has 0 spiro atoms. The molecule has 0 atom stereocenters. The van der Waals surface area contributed by atoms with Gasteiger partial charge in [-0.3, -0.25) is 0 Å². The Bertz CT molecular complexity index is 610. The minimum absolute atomic E-state index is 0.127. The maximum absolute atomic E-state index is 5.86. The van der Waals surface area contributed by atoms with Gasteiger partial charge in [0.25, 0.3) is 0 Å². The Morgan fingerprint density at radius 2 is 2.00 bits per heavy atom. The smallest absolute Gasteiger partial charge is 0.233 e. The van der Waals surface area contributed by atoms with Crippen molar-refractivity contribution >= 4 is 45.1 Å². The molecule has 2 rings (SSSR count). The minimum atomic E-state index is 0.127. The molecule has 106 valence electrons. The van der Waals surface area contributed by atoms with E-state index in [1.807, 2.05) is 25.1 Å². The van der Waals surface area contributed by atoms with E-state index in [2.05, 4.69) is 41.5 Å². The van der Waals surface area contributed by atoms with E-state index >= 15 is 0 Å². The molecular formula is C12H13BrClN5O. The van der Waals surface area contributed by atoms with Gasteiger partial charge in [0.15, 0.2) is 0 Å². The molecule has 1 heterocycles. The maximum Gasteiger partial charge on any atom is 0.233 e. The third-order valence-corrected chi connectivity index (χ3v) is 3.17. The van der Waals surface area contributed by atoms with Crippen LogP contribution in [0.2, 0.25) is 5.28 Å². The molecule has 0 unspecified atom stereocenters. The van der Waals surface area contributed by atoms with Crippen LogP contribution in [0.1, 0.15) is 6.92 Å². The molecular weight excluding hydrogens is 346 g/mol. The van der Waals surface area contributed by atoms with Gasteiger partial charge in [-0.2, -0.15) is 15.0 Å². The number of halogens is 2. The van der Waals surface area contributed by atoms with Gasteiger partial charge in [0.1, 0.15) is 5.75 Å². The van der Waals surface area contributed by atoms with Gasteiger partial charge < -0.3 is 15.4 Å². The Morgan fingerprint density at radius 1 is 1.25 bits per heavy atom. The quantitative estimate of drug-likeness (QED) is 0.852. The second-order valence-corrected chi connectivity index (χ2v) is 4.95. The van der Waals surface area contributed by atoms with Gasteiger partial charge in [-0.15, -0.1) is 0 Å². The van der Waals surface area contributed by atoms with Crippen molar-refractivity contribution < 1.29 is 4.74 Å². The summed E-state index contributed by atoms with van der Waals surface area (Å²) in [6.45, 7) is 2.65. The molecule has 0 saturated heterocycles. The van der Waals surface area contributed by atoms with Gasteiger partial charge in [-0.05, 0) is 46.6 Å². The topological polar surface area (TPSA) is 72.0 Å². The standard InChI is InChI=1S/C12H13BrClN5O/c1-3-15-11-17-10(14)18-12(19-11)16-7-4-5-8(13)9(6-7)20-2/h4-6H,3H2,1-2H3,(H2,15,16,17,18,19). The number of hydrogen-bond acceptors (Lipinski definition) is 6. The number of nitrogens with one attached hydrogen (secondary N) is 2. The average molecular weight is 359 g/mol. The molecule has 0 saturated carbocycles. The number of methoxy groups -OCH3 is 1. The van der Waals surface area contributed by atoms with Gasteiger partial charge in [-0.25, -0.2) is 0 Å². The van der Waals surface area contributed by atoms with Crippen LogP contribution in [-0.4, -0.2) is 28.6 Å². The van der Waals surface area contributed by atoms with Gasteiger partial charge in [0, 0.05) is 18.3 Å². The summed E-state index contributed by atoms with van der Waals surface area (Å²) in [4.78, 5) is 12.2. The van der Waals surface area contributed by atoms with Gasteiger partial charge >= 0.3 is 0 Å². The molecule has 1 aromatic carbocycles. The normalized spacial score (nSPS) is 10.2. The molecule has 2 aromatic rings. The van der Waals surface area contributed by atoms with Crippen molar-refractivity contribution in [1.29, 1.82) is 0 Å². The molecule has 1 aromatic heterocycles. The summed E-state index contributed by atoms with van der Waals surface area (Å²) < 4.78 is 6.10. The highest BCUT2D eigenvalue weighted by molar-refractivity contribution is 9.10. The van der Waals surface area contributed by atoms with Crippen molar-refractivity contribution in [3.63, 3.8) is 0 Å². The predicted molar refractivity (Wildman–Crippen MR) is 83.0 cm³/mol. The second-order valence-electron chi connectivity index (χ2n) is 3.76. The Morgan fingerprint density at radius 3 is 2.70 bits per heavy atom. The fraction of sp³-hybridized carbons (Fsp3) is 0.250. The molecule has 0 aliphatic heterocycles. The number of hydrogen-bond donors (Lipinski definition) is 2. The lowest BCUT2D eigenvalue weighted by Crippen LogP contribution is -2.06. The lowest BCUT2D eigenvalue weighted by molar-refractivity contribution is 0.412. The Balaban J connectivity index is 2.25. The zero-order valence-electron chi connectivity index (χ0n) is 10.9. The van der Waals surface area contributed by atoms with Crippen molar-refractivity contribution in [2.24, 2.45) is 0 Å². The summed E-state index contributed by atoms with van der Waals surface area (Å²) in [5.41, 5.74) is 0.787. The minimum Gasteiger partial charge on any atom is -0.495 e. The van der Waals surface area contributed by atoms with Crippen LogP contribution in [0.3, 0.4) is 0 Å². The largest absolute Gasteiger partial charge is 0.495 e. The number of aromatic nitrogens is 3. The summed E-state index contributed by atoms with van der Waals surface area (Å²) in [5, 5.41) is 6.17. The van der Waals surface area contributed by atoms with Crippen molar-refractivity contribution in [2.75, 3.05) is 24.3 Å². The van der Waals surface area contributed by atoms with Crippen LogP contribution in [0.4, 0.5) is 17.6 Å². The van der Waals surface area contributed by atoms with Crippen LogP contribution < -0.4 is 15.4 Å². The molecule has 0 radical (unpaired) electrons. The van der Waals surface area contributed by atoms with E-state index in [9.17, 15) is 0 Å². The Kier molecular flexibility index (Phi) is 4.97. The summed E-state index contributed by atoms with van der Waals surface area (Å²) in [5.74, 6) is 1.51. The summed E-state index contributed by atoms with van der Waals surface area (Å²) in [7, 11) is 1.60. The lowest BCUT2D eigenvalue weighted by Gasteiger charge is -2.09. The van der Waals surface area contributed by atoms with Crippen molar-refractivity contribution in [3.05, 3.63) is 28.0 Å². The number of anilines is 3. The van der Waals surface area contributed by atoms with Crippen molar-refractivity contribution in [2.45, 2.75) is 6.92 Å². The van der Waals surface area contributed by atoms with Gasteiger partial charge in [-0.1, -0.05) is 0 Å². The van der Waals surface area contributed by atoms with Gasteiger partial charge in [0.2, 0.25) is 17.2 Å². The third kappa shape index (κ3) is 3.71. The van der Waals surface area contributed by atoms with E-state index in [4.69, 9.17) is 16.3 Å². The summed E-state index contributed by atoms with van der Waals surface area (Å²) >= 11 is 9.26. The first-order valence-electron chi connectivity index (χ1n) is 5.88. The van der Waals surface area contributed by atoms with E-state index < -0.39 is 0 Å². The van der Waals surface area contributed by atoms with Crippen LogP contribution in [0.25, 0.3) is 0 Å². The molecule has 0 bridgehead atoms. The SMILES string of the molecule is CCNc1nc(Cl)nc(Nc2ccc(Br)c(OC)c2)n1. The zero-order chi connectivity index (χ0) is 14.5. The van der Waals surface area contributed by atoms with E-state index in [1.165, 1.54) is 0 Å². The highest BCUT2D eigenvalue weighted by Crippen LogP contribution is 2.29. The average Bonchev–Trinajstić information content (AvgIpc) is 2.40. The van der Waals surface area contributed by atoms with Crippen LogP contribution in [0.5, 0.6) is 5.75 Å². The van der Waals surface area contributed by atoms with E-state index in [1.54, 1.807) is 7.11 Å². The summed E-state index contributed by atoms with van der Waals surface area (Å²) in [6, 6.07) is 5.57. The second kappa shape index (κ2) is 6.71. The fourth-order valence-electron chi connectivity index (χ4n) is 1.51. The predicted octanol–water partition coefficient (Wildman–Crippen LogP) is 3.47. The Labute approximate surface area is 130 Å². The molecule has 8 heteroatoms. The monoisotopic (exact) mass is 357 g/mol. The Hall–Kier alpha value is -1.60.